The number of nitrogens with one attached hydrogen (secondary N) is 2. The van der Waals surface area contributed by atoms with E-state index >= 15 is 0 Å². The lowest BCUT2D eigenvalue weighted by Crippen LogP contribution is -2.53. The van der Waals surface area contributed by atoms with Crippen LogP contribution in [0.4, 0.5) is 0 Å². The molecule has 0 aliphatic carbocycles. The van der Waals surface area contributed by atoms with Gasteiger partial charge >= 0.3 is 0 Å². The van der Waals surface area contributed by atoms with E-state index in [1.54, 1.807) is 0 Å². The first-order chi connectivity index (χ1) is 8.05. The highest BCUT2D eigenvalue weighted by atomic mass is 35.5. The Kier molecular flexibility index (Phi) is 6.94. The molecule has 0 aromatic carbocycles. The van der Waals surface area contributed by atoms with Gasteiger partial charge in [0.05, 0.1) is 17.7 Å². The van der Waals surface area contributed by atoms with Crippen molar-refractivity contribution < 1.29 is 4.79 Å². The van der Waals surface area contributed by atoms with Crippen molar-refractivity contribution >= 4 is 18.3 Å². The highest BCUT2D eigenvalue weighted by Crippen LogP contribution is 2.13. The summed E-state index contributed by atoms with van der Waals surface area (Å²) in [5, 5.41) is 9.89. The fraction of sp³-hybridized carbons (Fsp3) is 0.667. The molecule has 0 unspecified atom stereocenters. The van der Waals surface area contributed by atoms with Crippen molar-refractivity contribution in [2.75, 3.05) is 6.54 Å². The standard InChI is InChI=1S/C12H22N4O.ClH/c1-4-12(5-2,8-13)14-11(17)7-10-6-9(3)15-16-10;/h6H,4-5,7-8,13H2,1-3H3,(H,14,17)(H,15,16);1H. The predicted octanol–water partition coefficient (Wildman–Crippen LogP) is 1.32. The number of H-pyrrole nitrogens is 1. The van der Waals surface area contributed by atoms with E-state index < -0.39 is 0 Å². The van der Waals surface area contributed by atoms with E-state index in [-0.39, 0.29) is 23.9 Å². The first-order valence-electron chi connectivity index (χ1n) is 6.07. The fourth-order valence-corrected chi connectivity index (χ4v) is 1.84. The van der Waals surface area contributed by atoms with Gasteiger partial charge in [0.15, 0.2) is 0 Å². The van der Waals surface area contributed by atoms with Crippen LogP contribution in [0.3, 0.4) is 0 Å². The van der Waals surface area contributed by atoms with E-state index in [4.69, 9.17) is 5.73 Å². The normalized spacial score (nSPS) is 10.9. The molecule has 0 spiro atoms. The number of hydrogen-bond donors (Lipinski definition) is 3. The molecule has 0 aliphatic rings. The third-order valence-corrected chi connectivity index (χ3v) is 3.25. The van der Waals surface area contributed by atoms with Gasteiger partial charge < -0.3 is 11.1 Å². The Hall–Kier alpha value is -1.07. The molecule has 0 fully saturated rings. The maximum absolute atomic E-state index is 11.9. The number of rotatable bonds is 6. The van der Waals surface area contributed by atoms with E-state index in [2.05, 4.69) is 15.5 Å². The number of aromatic amines is 1. The van der Waals surface area contributed by atoms with Crippen LogP contribution in [0.25, 0.3) is 0 Å². The molecule has 0 bridgehead atoms. The second kappa shape index (κ2) is 7.38. The van der Waals surface area contributed by atoms with Gasteiger partial charge in [-0.2, -0.15) is 5.10 Å². The van der Waals surface area contributed by atoms with E-state index in [9.17, 15) is 4.79 Å². The highest BCUT2D eigenvalue weighted by Gasteiger charge is 2.26. The summed E-state index contributed by atoms with van der Waals surface area (Å²) in [4.78, 5) is 11.9. The van der Waals surface area contributed by atoms with Crippen LogP contribution >= 0.6 is 12.4 Å². The molecular weight excluding hydrogens is 252 g/mol. The Morgan fingerprint density at radius 3 is 2.50 bits per heavy atom. The number of carbonyl (C=O) groups excluding carboxylic acids is 1. The summed E-state index contributed by atoms with van der Waals surface area (Å²) >= 11 is 0. The van der Waals surface area contributed by atoms with Gasteiger partial charge in [0, 0.05) is 12.2 Å². The monoisotopic (exact) mass is 274 g/mol. The molecular formula is C12H23ClN4O. The van der Waals surface area contributed by atoms with Crippen molar-refractivity contribution in [2.24, 2.45) is 5.73 Å². The van der Waals surface area contributed by atoms with Gasteiger partial charge in [0.2, 0.25) is 5.91 Å². The van der Waals surface area contributed by atoms with E-state index in [1.807, 2.05) is 26.8 Å². The third kappa shape index (κ3) is 4.31. The van der Waals surface area contributed by atoms with Gasteiger partial charge in [0.1, 0.15) is 0 Å². The van der Waals surface area contributed by atoms with E-state index in [0.29, 0.717) is 13.0 Å². The number of aryl methyl sites for hydroxylation is 1. The minimum absolute atomic E-state index is 0. The summed E-state index contributed by atoms with van der Waals surface area (Å²) in [5.41, 5.74) is 7.19. The van der Waals surface area contributed by atoms with Crippen molar-refractivity contribution in [1.82, 2.24) is 15.5 Å². The number of nitrogens with zero attached hydrogens (tertiary/aromatic N) is 1. The van der Waals surface area contributed by atoms with Crippen molar-refractivity contribution in [3.63, 3.8) is 0 Å². The predicted molar refractivity (Wildman–Crippen MR) is 74.8 cm³/mol. The van der Waals surface area contributed by atoms with Crippen LogP contribution in [0.1, 0.15) is 38.1 Å². The fourth-order valence-electron chi connectivity index (χ4n) is 1.84. The molecule has 0 atom stereocenters. The Labute approximate surface area is 114 Å². The summed E-state index contributed by atoms with van der Waals surface area (Å²) in [6.45, 7) is 6.45. The van der Waals surface area contributed by atoms with Crippen LogP contribution < -0.4 is 11.1 Å². The summed E-state index contributed by atoms with van der Waals surface area (Å²) in [5.74, 6) is -0.0225. The maximum atomic E-state index is 11.9. The molecule has 0 aliphatic heterocycles. The lowest BCUT2D eigenvalue weighted by Gasteiger charge is -2.31. The van der Waals surface area contributed by atoms with Crippen LogP contribution in [0.5, 0.6) is 0 Å². The van der Waals surface area contributed by atoms with E-state index in [0.717, 1.165) is 24.2 Å². The van der Waals surface area contributed by atoms with Gasteiger partial charge in [-0.15, -0.1) is 12.4 Å². The van der Waals surface area contributed by atoms with Gasteiger partial charge in [0.25, 0.3) is 0 Å². The zero-order chi connectivity index (χ0) is 12.9. The zero-order valence-corrected chi connectivity index (χ0v) is 12.1. The molecule has 1 aromatic heterocycles. The van der Waals surface area contributed by atoms with Crippen molar-refractivity contribution in [3.8, 4) is 0 Å². The number of nitrogens with two attached hydrogens (primary N) is 1. The van der Waals surface area contributed by atoms with Crippen molar-refractivity contribution in [3.05, 3.63) is 17.5 Å². The van der Waals surface area contributed by atoms with Crippen LogP contribution in [-0.2, 0) is 11.2 Å². The molecule has 1 heterocycles. The van der Waals surface area contributed by atoms with E-state index in [1.165, 1.54) is 0 Å². The summed E-state index contributed by atoms with van der Waals surface area (Å²) in [7, 11) is 0. The number of hydrogen-bond acceptors (Lipinski definition) is 3. The average Bonchev–Trinajstić information content (AvgIpc) is 2.72. The van der Waals surface area contributed by atoms with Gasteiger partial charge in [-0.25, -0.2) is 0 Å². The highest BCUT2D eigenvalue weighted by molar-refractivity contribution is 5.85. The number of halogens is 1. The zero-order valence-electron chi connectivity index (χ0n) is 11.2. The molecule has 18 heavy (non-hydrogen) atoms. The maximum Gasteiger partial charge on any atom is 0.226 e. The second-order valence-electron chi connectivity index (χ2n) is 4.46. The Balaban J connectivity index is 0.00000289. The van der Waals surface area contributed by atoms with Gasteiger partial charge in [-0.05, 0) is 25.8 Å². The largest absolute Gasteiger partial charge is 0.349 e. The van der Waals surface area contributed by atoms with Crippen LogP contribution in [-0.4, -0.2) is 28.2 Å². The molecule has 104 valence electrons. The molecule has 4 N–H and O–H groups in total. The molecule has 1 aromatic rings. The number of carbonyl (C=O) groups is 1. The van der Waals surface area contributed by atoms with Crippen LogP contribution in [0.15, 0.2) is 6.07 Å². The van der Waals surface area contributed by atoms with Crippen molar-refractivity contribution in [1.29, 1.82) is 0 Å². The van der Waals surface area contributed by atoms with Gasteiger partial charge in [-0.3, -0.25) is 9.89 Å². The summed E-state index contributed by atoms with van der Waals surface area (Å²) in [6.07, 6.45) is 1.97. The average molecular weight is 275 g/mol. The lowest BCUT2D eigenvalue weighted by atomic mass is 9.92. The molecule has 1 amide bonds. The molecule has 0 saturated carbocycles. The Morgan fingerprint density at radius 1 is 1.50 bits per heavy atom. The second-order valence-corrected chi connectivity index (χ2v) is 4.46. The minimum atomic E-state index is -0.275. The molecule has 0 saturated heterocycles. The molecule has 6 heteroatoms. The van der Waals surface area contributed by atoms with Gasteiger partial charge in [-0.1, -0.05) is 13.8 Å². The topological polar surface area (TPSA) is 83.8 Å². The SMILES string of the molecule is CCC(CC)(CN)NC(=O)Cc1cc(C)[nH]n1.Cl. The summed E-state index contributed by atoms with van der Waals surface area (Å²) in [6, 6.07) is 1.88. The minimum Gasteiger partial charge on any atom is -0.349 e. The quantitative estimate of drug-likeness (QED) is 0.731. The smallest absolute Gasteiger partial charge is 0.226 e. The number of amides is 1. The molecule has 1 rings (SSSR count). The third-order valence-electron chi connectivity index (χ3n) is 3.25. The summed E-state index contributed by atoms with van der Waals surface area (Å²) < 4.78 is 0. The first-order valence-corrected chi connectivity index (χ1v) is 6.07. The van der Waals surface area contributed by atoms with Crippen LogP contribution in [0.2, 0.25) is 0 Å². The van der Waals surface area contributed by atoms with Crippen LogP contribution in [0, 0.1) is 6.92 Å². The van der Waals surface area contributed by atoms with Crippen molar-refractivity contribution in [2.45, 2.75) is 45.6 Å². The first kappa shape index (κ1) is 16.9. The molecule has 5 nitrogen and oxygen atoms in total. The Morgan fingerprint density at radius 2 is 2.11 bits per heavy atom. The lowest BCUT2D eigenvalue weighted by molar-refractivity contribution is -0.122. The molecule has 0 radical (unpaired) electrons. The number of aromatic nitrogens is 2. The Bertz CT molecular complexity index is 366.